The monoisotopic (exact) mass is 399 g/mol. The maximum atomic E-state index is 12.9. The van der Waals surface area contributed by atoms with Crippen molar-refractivity contribution in [2.24, 2.45) is 0 Å². The van der Waals surface area contributed by atoms with Gasteiger partial charge in [-0.25, -0.2) is 0 Å². The molecule has 0 aliphatic carbocycles. The maximum Gasteiger partial charge on any atom is 0.261 e. The first-order valence-corrected chi connectivity index (χ1v) is 9.38. The Labute approximate surface area is 170 Å². The van der Waals surface area contributed by atoms with E-state index >= 15 is 0 Å². The minimum Gasteiger partial charge on any atom is -0.497 e. The van der Waals surface area contributed by atoms with Gasteiger partial charge in [0.15, 0.2) is 12.9 Å². The fourth-order valence-corrected chi connectivity index (χ4v) is 3.59. The summed E-state index contributed by atoms with van der Waals surface area (Å²) in [6.45, 7) is 0.478. The summed E-state index contributed by atoms with van der Waals surface area (Å²) in [5.74, 6) is 2.18. The second-order valence-corrected chi connectivity index (χ2v) is 6.66. The number of aldehydes is 1. The molecule has 2 aromatic carbocycles. The first kappa shape index (κ1) is 20.5. The fourth-order valence-electron chi connectivity index (χ4n) is 3.59. The molecule has 0 radical (unpaired) electrons. The maximum absolute atomic E-state index is 12.9. The number of likely N-dealkylation sites (tertiary alicyclic amines) is 1. The van der Waals surface area contributed by atoms with Crippen molar-refractivity contribution in [1.29, 1.82) is 0 Å². The van der Waals surface area contributed by atoms with Crippen LogP contribution in [0.2, 0.25) is 0 Å². The van der Waals surface area contributed by atoms with E-state index in [1.165, 1.54) is 7.11 Å². The summed E-state index contributed by atoms with van der Waals surface area (Å²) in [7, 11) is 4.74. The van der Waals surface area contributed by atoms with Crippen LogP contribution in [0.4, 0.5) is 0 Å². The van der Waals surface area contributed by atoms with E-state index in [-0.39, 0.29) is 18.6 Å². The number of benzene rings is 2. The van der Waals surface area contributed by atoms with E-state index in [9.17, 15) is 9.59 Å². The molecule has 0 spiro atoms. The predicted molar refractivity (Wildman–Crippen MR) is 107 cm³/mol. The molecule has 1 aliphatic heterocycles. The Bertz CT molecular complexity index is 882. The van der Waals surface area contributed by atoms with Crippen LogP contribution >= 0.6 is 0 Å². The van der Waals surface area contributed by atoms with Crippen molar-refractivity contribution in [2.75, 3.05) is 34.5 Å². The molecule has 0 saturated carbocycles. The minimum atomic E-state index is -0.157. The molecule has 0 bridgehead atoms. The number of hydrogen-bond acceptors (Lipinski definition) is 6. The Morgan fingerprint density at radius 1 is 1.03 bits per heavy atom. The van der Waals surface area contributed by atoms with Gasteiger partial charge in [-0.05, 0) is 49.2 Å². The van der Waals surface area contributed by atoms with Crippen molar-refractivity contribution in [3.63, 3.8) is 0 Å². The van der Waals surface area contributed by atoms with Crippen molar-refractivity contribution in [2.45, 2.75) is 18.9 Å². The molecule has 7 nitrogen and oxygen atoms in total. The highest BCUT2D eigenvalue weighted by Crippen LogP contribution is 2.39. The number of rotatable bonds is 8. The Morgan fingerprint density at radius 2 is 1.72 bits per heavy atom. The van der Waals surface area contributed by atoms with Crippen LogP contribution in [0.25, 0.3) is 0 Å². The van der Waals surface area contributed by atoms with Crippen LogP contribution in [0, 0.1) is 0 Å². The molecule has 1 fully saturated rings. The molecular weight excluding hydrogens is 374 g/mol. The Hall–Kier alpha value is -3.22. The number of carbonyl (C=O) groups excluding carboxylic acids is 2. The summed E-state index contributed by atoms with van der Waals surface area (Å²) in [5, 5.41) is 0. The highest BCUT2D eigenvalue weighted by atomic mass is 16.5. The van der Waals surface area contributed by atoms with E-state index in [4.69, 9.17) is 18.9 Å². The summed E-state index contributed by atoms with van der Waals surface area (Å²) in [5.41, 5.74) is 1.25. The van der Waals surface area contributed by atoms with Crippen LogP contribution in [-0.4, -0.2) is 51.6 Å². The SMILES string of the molecule is COc1ccc(OCC(=O)N2CCC[C@H]2c2cc(OC)ccc2OC)c(C=O)c1. The molecule has 2 aromatic rings. The molecule has 0 unspecified atom stereocenters. The van der Waals surface area contributed by atoms with Crippen molar-refractivity contribution in [3.8, 4) is 23.0 Å². The molecule has 1 atom stereocenters. The fraction of sp³-hybridized carbons (Fsp3) is 0.364. The average Bonchev–Trinajstić information content (AvgIpc) is 3.26. The summed E-state index contributed by atoms with van der Waals surface area (Å²) < 4.78 is 21.6. The molecule has 1 aliphatic rings. The first-order chi connectivity index (χ1) is 14.1. The van der Waals surface area contributed by atoms with Gasteiger partial charge in [0.2, 0.25) is 0 Å². The summed E-state index contributed by atoms with van der Waals surface area (Å²) in [6.07, 6.45) is 2.40. The molecular formula is C22H25NO6. The third-order valence-electron chi connectivity index (χ3n) is 5.06. The predicted octanol–water partition coefficient (Wildman–Crippen LogP) is 3.27. The highest BCUT2D eigenvalue weighted by Gasteiger charge is 2.32. The summed E-state index contributed by atoms with van der Waals surface area (Å²) in [6, 6.07) is 10.4. The zero-order valence-electron chi connectivity index (χ0n) is 16.8. The van der Waals surface area contributed by atoms with Crippen LogP contribution in [-0.2, 0) is 4.79 Å². The van der Waals surface area contributed by atoms with E-state index in [2.05, 4.69) is 0 Å². The van der Waals surface area contributed by atoms with Crippen molar-refractivity contribution in [1.82, 2.24) is 4.90 Å². The van der Waals surface area contributed by atoms with Crippen LogP contribution < -0.4 is 18.9 Å². The van der Waals surface area contributed by atoms with E-state index in [0.29, 0.717) is 35.6 Å². The number of ether oxygens (including phenoxy) is 4. The van der Waals surface area contributed by atoms with Gasteiger partial charge in [-0.2, -0.15) is 0 Å². The molecule has 1 saturated heterocycles. The van der Waals surface area contributed by atoms with Gasteiger partial charge in [0.05, 0.1) is 32.9 Å². The topological polar surface area (TPSA) is 74.3 Å². The molecule has 1 heterocycles. The van der Waals surface area contributed by atoms with Crippen LogP contribution in [0.1, 0.15) is 34.8 Å². The Morgan fingerprint density at radius 3 is 2.38 bits per heavy atom. The lowest BCUT2D eigenvalue weighted by Gasteiger charge is -2.26. The van der Waals surface area contributed by atoms with E-state index < -0.39 is 0 Å². The molecule has 3 rings (SSSR count). The average molecular weight is 399 g/mol. The molecule has 0 aromatic heterocycles. The number of hydrogen-bond donors (Lipinski definition) is 0. The molecule has 7 heteroatoms. The van der Waals surface area contributed by atoms with Gasteiger partial charge in [-0.3, -0.25) is 9.59 Å². The minimum absolute atomic E-state index is 0.113. The van der Waals surface area contributed by atoms with Gasteiger partial charge in [0.1, 0.15) is 23.0 Å². The van der Waals surface area contributed by atoms with E-state index in [1.807, 2.05) is 18.2 Å². The van der Waals surface area contributed by atoms with Gasteiger partial charge < -0.3 is 23.8 Å². The van der Waals surface area contributed by atoms with Gasteiger partial charge in [-0.1, -0.05) is 0 Å². The number of carbonyl (C=O) groups is 2. The zero-order chi connectivity index (χ0) is 20.8. The smallest absolute Gasteiger partial charge is 0.261 e. The zero-order valence-corrected chi connectivity index (χ0v) is 16.8. The van der Waals surface area contributed by atoms with Gasteiger partial charge in [0.25, 0.3) is 5.91 Å². The van der Waals surface area contributed by atoms with Crippen LogP contribution in [0.5, 0.6) is 23.0 Å². The third-order valence-corrected chi connectivity index (χ3v) is 5.06. The highest BCUT2D eigenvalue weighted by molar-refractivity contribution is 5.82. The Balaban J connectivity index is 1.75. The summed E-state index contributed by atoms with van der Waals surface area (Å²) in [4.78, 5) is 26.0. The van der Waals surface area contributed by atoms with E-state index in [1.54, 1.807) is 37.3 Å². The van der Waals surface area contributed by atoms with Crippen molar-refractivity contribution < 1.29 is 28.5 Å². The first-order valence-electron chi connectivity index (χ1n) is 9.38. The molecule has 1 amide bonds. The van der Waals surface area contributed by atoms with Gasteiger partial charge in [-0.15, -0.1) is 0 Å². The van der Waals surface area contributed by atoms with Gasteiger partial charge in [0, 0.05) is 12.1 Å². The molecule has 29 heavy (non-hydrogen) atoms. The largest absolute Gasteiger partial charge is 0.497 e. The summed E-state index contributed by atoms with van der Waals surface area (Å²) >= 11 is 0. The van der Waals surface area contributed by atoms with Crippen molar-refractivity contribution in [3.05, 3.63) is 47.5 Å². The third kappa shape index (κ3) is 4.45. The number of nitrogens with zero attached hydrogens (tertiary/aromatic N) is 1. The van der Waals surface area contributed by atoms with Gasteiger partial charge >= 0.3 is 0 Å². The second kappa shape index (κ2) is 9.32. The molecule has 154 valence electrons. The lowest BCUT2D eigenvalue weighted by atomic mass is 10.0. The second-order valence-electron chi connectivity index (χ2n) is 6.66. The quantitative estimate of drug-likeness (QED) is 0.635. The lowest BCUT2D eigenvalue weighted by Crippen LogP contribution is -2.34. The van der Waals surface area contributed by atoms with Crippen molar-refractivity contribution >= 4 is 12.2 Å². The number of methoxy groups -OCH3 is 3. The molecule has 0 N–H and O–H groups in total. The standard InChI is InChI=1S/C22H25NO6/c1-26-16-6-8-20(15(11-16)13-24)29-14-22(25)23-10-4-5-19(23)18-12-17(27-2)7-9-21(18)28-3/h6-9,11-13,19H,4-5,10,14H2,1-3H3/t19-/m0/s1. The van der Waals surface area contributed by atoms with Crippen LogP contribution in [0.3, 0.4) is 0 Å². The van der Waals surface area contributed by atoms with E-state index in [0.717, 1.165) is 24.2 Å². The number of amides is 1. The van der Waals surface area contributed by atoms with Crippen LogP contribution in [0.15, 0.2) is 36.4 Å². The lowest BCUT2D eigenvalue weighted by molar-refractivity contribution is -0.134. The normalized spacial score (nSPS) is 15.7. The Kier molecular flexibility index (Phi) is 6.59.